The van der Waals surface area contributed by atoms with Gasteiger partial charge in [-0.3, -0.25) is 4.79 Å². The molecule has 0 fully saturated rings. The van der Waals surface area contributed by atoms with Gasteiger partial charge < -0.3 is 11.1 Å². The Labute approximate surface area is 81.9 Å². The summed E-state index contributed by atoms with van der Waals surface area (Å²) in [4.78, 5) is 11.0. The molecule has 1 rings (SSSR count). The predicted molar refractivity (Wildman–Crippen MR) is 56.6 cm³/mol. The number of carbonyl (C=O) groups is 1. The van der Waals surface area contributed by atoms with Crippen molar-refractivity contribution in [3.8, 4) is 0 Å². The molecule has 0 unspecified atom stereocenters. The molecule has 0 bridgehead atoms. The summed E-state index contributed by atoms with van der Waals surface area (Å²) in [7, 11) is 0. The van der Waals surface area contributed by atoms with Gasteiger partial charge >= 0.3 is 0 Å². The zero-order valence-electron chi connectivity index (χ0n) is 7.20. The van der Waals surface area contributed by atoms with Crippen LogP contribution in [0.4, 0.5) is 5.69 Å². The standard InChI is InChI=1S/C9H10N2OS/c1-6(12)11-8-4-2-7(3-5-8)9(10)13/h2-5H,1H3,(H2,10,13)(H,11,12). The minimum absolute atomic E-state index is 0.0944. The van der Waals surface area contributed by atoms with Crippen LogP contribution >= 0.6 is 12.2 Å². The van der Waals surface area contributed by atoms with E-state index in [1.54, 1.807) is 24.3 Å². The second-order valence-corrected chi connectivity index (χ2v) is 3.06. The Morgan fingerprint density at radius 2 is 1.92 bits per heavy atom. The Hall–Kier alpha value is -1.42. The average Bonchev–Trinajstić information content (AvgIpc) is 2.04. The highest BCUT2D eigenvalue weighted by atomic mass is 32.1. The first-order chi connectivity index (χ1) is 6.09. The third-order valence-electron chi connectivity index (χ3n) is 1.49. The highest BCUT2D eigenvalue weighted by Crippen LogP contribution is 2.08. The minimum atomic E-state index is -0.0944. The quantitative estimate of drug-likeness (QED) is 0.697. The molecule has 1 aromatic rings. The van der Waals surface area contributed by atoms with E-state index in [9.17, 15) is 4.79 Å². The van der Waals surface area contributed by atoms with Crippen LogP contribution in [0.25, 0.3) is 0 Å². The Kier molecular flexibility index (Phi) is 2.97. The summed E-state index contributed by atoms with van der Waals surface area (Å²) in [5.74, 6) is -0.0944. The highest BCUT2D eigenvalue weighted by molar-refractivity contribution is 7.80. The first kappa shape index (κ1) is 9.67. The molecule has 1 aromatic carbocycles. The fourth-order valence-electron chi connectivity index (χ4n) is 0.921. The van der Waals surface area contributed by atoms with Crippen molar-refractivity contribution >= 4 is 28.8 Å². The lowest BCUT2D eigenvalue weighted by atomic mass is 10.2. The molecule has 0 saturated heterocycles. The molecule has 0 spiro atoms. The van der Waals surface area contributed by atoms with Gasteiger partial charge in [-0.15, -0.1) is 0 Å². The summed E-state index contributed by atoms with van der Waals surface area (Å²) < 4.78 is 0. The van der Waals surface area contributed by atoms with Gasteiger partial charge in [0, 0.05) is 18.2 Å². The maximum Gasteiger partial charge on any atom is 0.221 e. The molecule has 68 valence electrons. The highest BCUT2D eigenvalue weighted by Gasteiger charge is 1.97. The number of rotatable bonds is 2. The smallest absolute Gasteiger partial charge is 0.221 e. The number of nitrogens with two attached hydrogens (primary N) is 1. The SMILES string of the molecule is CC(=O)Nc1ccc(C(N)=S)cc1. The number of benzene rings is 1. The summed E-state index contributed by atoms with van der Waals surface area (Å²) in [5, 5.41) is 2.65. The molecule has 13 heavy (non-hydrogen) atoms. The van der Waals surface area contributed by atoms with Crippen LogP contribution in [0.1, 0.15) is 12.5 Å². The van der Waals surface area contributed by atoms with Crippen molar-refractivity contribution in [2.24, 2.45) is 5.73 Å². The molecule has 0 saturated carbocycles. The summed E-state index contributed by atoms with van der Waals surface area (Å²) in [6.07, 6.45) is 0. The summed E-state index contributed by atoms with van der Waals surface area (Å²) in [6.45, 7) is 1.46. The Morgan fingerprint density at radius 1 is 1.38 bits per heavy atom. The van der Waals surface area contributed by atoms with E-state index in [1.807, 2.05) is 0 Å². The largest absolute Gasteiger partial charge is 0.389 e. The van der Waals surface area contributed by atoms with E-state index < -0.39 is 0 Å². The number of thiocarbonyl (C=S) groups is 1. The van der Waals surface area contributed by atoms with Crippen LogP contribution in [0.15, 0.2) is 24.3 Å². The predicted octanol–water partition coefficient (Wildman–Crippen LogP) is 1.28. The molecule has 3 N–H and O–H groups in total. The van der Waals surface area contributed by atoms with Crippen LogP contribution in [0, 0.1) is 0 Å². The van der Waals surface area contributed by atoms with Gasteiger partial charge in [0.1, 0.15) is 4.99 Å². The molecule has 0 aliphatic carbocycles. The third-order valence-corrected chi connectivity index (χ3v) is 1.73. The minimum Gasteiger partial charge on any atom is -0.389 e. The molecular formula is C9H10N2OS. The lowest BCUT2D eigenvalue weighted by Crippen LogP contribution is -2.10. The number of hydrogen-bond donors (Lipinski definition) is 2. The first-order valence-corrected chi connectivity index (χ1v) is 4.18. The van der Waals surface area contributed by atoms with E-state index in [2.05, 4.69) is 5.32 Å². The van der Waals surface area contributed by atoms with Gasteiger partial charge in [-0.05, 0) is 24.3 Å². The number of hydrogen-bond acceptors (Lipinski definition) is 2. The monoisotopic (exact) mass is 194 g/mol. The molecule has 0 radical (unpaired) electrons. The van der Waals surface area contributed by atoms with Gasteiger partial charge in [-0.1, -0.05) is 12.2 Å². The third kappa shape index (κ3) is 2.83. The molecule has 0 heterocycles. The lowest BCUT2D eigenvalue weighted by molar-refractivity contribution is -0.114. The molecule has 0 atom stereocenters. The van der Waals surface area contributed by atoms with Crippen molar-refractivity contribution in [3.63, 3.8) is 0 Å². The molecule has 4 heteroatoms. The molecule has 1 amide bonds. The number of nitrogens with one attached hydrogen (secondary N) is 1. The van der Waals surface area contributed by atoms with E-state index >= 15 is 0 Å². The van der Waals surface area contributed by atoms with Crippen molar-refractivity contribution in [1.29, 1.82) is 0 Å². The van der Waals surface area contributed by atoms with Crippen molar-refractivity contribution in [3.05, 3.63) is 29.8 Å². The maximum atomic E-state index is 10.7. The molecule has 0 aliphatic rings. The van der Waals surface area contributed by atoms with Crippen LogP contribution in [0.2, 0.25) is 0 Å². The van der Waals surface area contributed by atoms with E-state index in [0.29, 0.717) is 4.99 Å². The number of carbonyl (C=O) groups excluding carboxylic acids is 1. The molecule has 3 nitrogen and oxygen atoms in total. The van der Waals surface area contributed by atoms with Gasteiger partial charge in [-0.2, -0.15) is 0 Å². The van der Waals surface area contributed by atoms with Crippen LogP contribution in [0.3, 0.4) is 0 Å². The summed E-state index contributed by atoms with van der Waals surface area (Å²) >= 11 is 4.78. The molecular weight excluding hydrogens is 184 g/mol. The van der Waals surface area contributed by atoms with Crippen molar-refractivity contribution in [1.82, 2.24) is 0 Å². The van der Waals surface area contributed by atoms with Crippen LogP contribution in [0.5, 0.6) is 0 Å². The van der Waals surface area contributed by atoms with Crippen molar-refractivity contribution < 1.29 is 4.79 Å². The van der Waals surface area contributed by atoms with E-state index in [1.165, 1.54) is 6.92 Å². The zero-order chi connectivity index (χ0) is 9.84. The van der Waals surface area contributed by atoms with E-state index in [0.717, 1.165) is 11.3 Å². The van der Waals surface area contributed by atoms with Gasteiger partial charge in [0.15, 0.2) is 0 Å². The average molecular weight is 194 g/mol. The Morgan fingerprint density at radius 3 is 2.31 bits per heavy atom. The second-order valence-electron chi connectivity index (χ2n) is 2.62. The maximum absolute atomic E-state index is 10.7. The fourth-order valence-corrected chi connectivity index (χ4v) is 1.06. The number of amides is 1. The lowest BCUT2D eigenvalue weighted by Gasteiger charge is -2.02. The zero-order valence-corrected chi connectivity index (χ0v) is 8.02. The van der Waals surface area contributed by atoms with Crippen LogP contribution in [-0.2, 0) is 4.79 Å². The van der Waals surface area contributed by atoms with E-state index in [4.69, 9.17) is 18.0 Å². The Bertz CT molecular complexity index is 332. The second kappa shape index (κ2) is 4.00. The summed E-state index contributed by atoms with van der Waals surface area (Å²) in [6, 6.07) is 7.06. The van der Waals surface area contributed by atoms with Crippen LogP contribution < -0.4 is 11.1 Å². The van der Waals surface area contributed by atoms with Gasteiger partial charge in [0.05, 0.1) is 0 Å². The topological polar surface area (TPSA) is 55.1 Å². The van der Waals surface area contributed by atoms with Crippen LogP contribution in [-0.4, -0.2) is 10.9 Å². The van der Waals surface area contributed by atoms with Gasteiger partial charge in [-0.25, -0.2) is 0 Å². The van der Waals surface area contributed by atoms with Gasteiger partial charge in [0.25, 0.3) is 0 Å². The molecule has 0 aromatic heterocycles. The van der Waals surface area contributed by atoms with Crippen molar-refractivity contribution in [2.75, 3.05) is 5.32 Å². The first-order valence-electron chi connectivity index (χ1n) is 3.77. The number of anilines is 1. The Balaban J connectivity index is 2.81. The van der Waals surface area contributed by atoms with Gasteiger partial charge in [0.2, 0.25) is 5.91 Å². The fraction of sp³-hybridized carbons (Fsp3) is 0.111. The molecule has 0 aliphatic heterocycles. The van der Waals surface area contributed by atoms with Crippen molar-refractivity contribution in [2.45, 2.75) is 6.92 Å². The summed E-state index contributed by atoms with van der Waals surface area (Å²) in [5.41, 5.74) is 6.95. The van der Waals surface area contributed by atoms with E-state index in [-0.39, 0.29) is 5.91 Å². The normalized spacial score (nSPS) is 9.31.